The average molecular weight is 288 g/mol. The molecule has 2 amide bonds. The van der Waals surface area contributed by atoms with Gasteiger partial charge in [-0.15, -0.1) is 0 Å². The topological polar surface area (TPSA) is 73.8 Å². The molecule has 1 heterocycles. The number of nitrogens with zero attached hydrogens (tertiary/aromatic N) is 2. The summed E-state index contributed by atoms with van der Waals surface area (Å²) >= 11 is 0. The first-order chi connectivity index (χ1) is 10.0. The molecule has 21 heavy (non-hydrogen) atoms. The molecule has 1 fully saturated rings. The number of amides is 2. The van der Waals surface area contributed by atoms with Crippen LogP contribution in [0.1, 0.15) is 18.4 Å². The Hall–Kier alpha value is -2.21. The van der Waals surface area contributed by atoms with Crippen LogP contribution in [0, 0.1) is 6.92 Å². The Kier molecular flexibility index (Phi) is 5.05. The van der Waals surface area contributed by atoms with Gasteiger partial charge in [0.05, 0.1) is 0 Å². The predicted molar refractivity (Wildman–Crippen MR) is 82.1 cm³/mol. The standard InChI is InChI=1S/C15H20N4O2/c1-11-3-5-12(6-4-11)16-14(20)15(21)18-17-13-7-9-19(2)10-8-13/h3-6H,7-10H2,1-2H3,(H,16,20)(H,18,21). The lowest BCUT2D eigenvalue weighted by atomic mass is 10.1. The Bertz CT molecular complexity index is 541. The molecule has 0 saturated carbocycles. The van der Waals surface area contributed by atoms with E-state index in [0.717, 1.165) is 37.2 Å². The highest BCUT2D eigenvalue weighted by molar-refractivity contribution is 6.39. The van der Waals surface area contributed by atoms with E-state index in [-0.39, 0.29) is 0 Å². The molecule has 0 aromatic heterocycles. The number of carbonyl (C=O) groups excluding carboxylic acids is 2. The molecule has 0 spiro atoms. The molecule has 0 unspecified atom stereocenters. The molecule has 0 bridgehead atoms. The minimum absolute atomic E-state index is 0.590. The van der Waals surface area contributed by atoms with Crippen molar-refractivity contribution in [1.29, 1.82) is 0 Å². The molecule has 6 heteroatoms. The first kappa shape index (κ1) is 15.2. The van der Waals surface area contributed by atoms with Crippen molar-refractivity contribution in [2.45, 2.75) is 19.8 Å². The van der Waals surface area contributed by atoms with E-state index in [2.05, 4.69) is 20.7 Å². The maximum absolute atomic E-state index is 11.7. The molecular formula is C15H20N4O2. The van der Waals surface area contributed by atoms with Crippen molar-refractivity contribution in [1.82, 2.24) is 10.3 Å². The van der Waals surface area contributed by atoms with Gasteiger partial charge in [0.15, 0.2) is 0 Å². The van der Waals surface area contributed by atoms with Crippen LogP contribution in [0.5, 0.6) is 0 Å². The average Bonchev–Trinajstić information content (AvgIpc) is 2.48. The van der Waals surface area contributed by atoms with E-state index in [0.29, 0.717) is 5.69 Å². The number of benzene rings is 1. The summed E-state index contributed by atoms with van der Waals surface area (Å²) in [5.74, 6) is -1.46. The molecule has 2 rings (SSSR count). The number of aryl methyl sites for hydroxylation is 1. The van der Waals surface area contributed by atoms with Crippen molar-refractivity contribution in [2.24, 2.45) is 5.10 Å². The minimum atomic E-state index is -0.748. The highest BCUT2D eigenvalue weighted by atomic mass is 16.2. The van der Waals surface area contributed by atoms with Gasteiger partial charge >= 0.3 is 11.8 Å². The van der Waals surface area contributed by atoms with E-state index in [4.69, 9.17) is 0 Å². The van der Waals surface area contributed by atoms with Gasteiger partial charge in [0.25, 0.3) is 0 Å². The first-order valence-corrected chi connectivity index (χ1v) is 6.96. The van der Waals surface area contributed by atoms with Gasteiger partial charge in [-0.3, -0.25) is 9.59 Å². The second-order valence-corrected chi connectivity index (χ2v) is 5.24. The van der Waals surface area contributed by atoms with Crippen LogP contribution in [0.2, 0.25) is 0 Å². The molecule has 1 aromatic carbocycles. The fourth-order valence-electron chi connectivity index (χ4n) is 1.99. The Morgan fingerprint density at radius 3 is 2.33 bits per heavy atom. The molecule has 2 N–H and O–H groups in total. The van der Waals surface area contributed by atoms with Crippen LogP contribution < -0.4 is 10.7 Å². The number of piperidine rings is 1. The van der Waals surface area contributed by atoms with Crippen molar-refractivity contribution in [3.05, 3.63) is 29.8 Å². The van der Waals surface area contributed by atoms with Crippen LogP contribution in [-0.4, -0.2) is 42.6 Å². The molecule has 1 aromatic rings. The summed E-state index contributed by atoms with van der Waals surface area (Å²) in [5.41, 5.74) is 4.92. The third kappa shape index (κ3) is 4.68. The Morgan fingerprint density at radius 2 is 1.71 bits per heavy atom. The summed E-state index contributed by atoms with van der Waals surface area (Å²) in [5, 5.41) is 6.56. The summed E-state index contributed by atoms with van der Waals surface area (Å²) in [4.78, 5) is 25.6. The molecule has 6 nitrogen and oxygen atoms in total. The van der Waals surface area contributed by atoms with Gasteiger partial charge in [0.2, 0.25) is 0 Å². The summed E-state index contributed by atoms with van der Waals surface area (Å²) < 4.78 is 0. The molecule has 1 saturated heterocycles. The zero-order chi connectivity index (χ0) is 15.2. The van der Waals surface area contributed by atoms with Crippen molar-refractivity contribution in [3.8, 4) is 0 Å². The van der Waals surface area contributed by atoms with Crippen LogP contribution in [0.25, 0.3) is 0 Å². The van der Waals surface area contributed by atoms with Gasteiger partial charge in [-0.1, -0.05) is 17.7 Å². The van der Waals surface area contributed by atoms with Crippen LogP contribution in [0.15, 0.2) is 29.4 Å². The van der Waals surface area contributed by atoms with Crippen LogP contribution in [0.3, 0.4) is 0 Å². The Morgan fingerprint density at radius 1 is 1.10 bits per heavy atom. The molecule has 0 aliphatic carbocycles. The van der Waals surface area contributed by atoms with Crippen LogP contribution in [-0.2, 0) is 9.59 Å². The SMILES string of the molecule is Cc1ccc(NC(=O)C(=O)NN=C2CCN(C)CC2)cc1. The van der Waals surface area contributed by atoms with Gasteiger partial charge in [-0.2, -0.15) is 5.10 Å². The van der Waals surface area contributed by atoms with E-state index >= 15 is 0 Å². The Labute approximate surface area is 124 Å². The third-order valence-electron chi connectivity index (χ3n) is 3.40. The van der Waals surface area contributed by atoms with Gasteiger partial charge in [0, 0.05) is 37.3 Å². The Balaban J connectivity index is 1.84. The molecular weight excluding hydrogens is 268 g/mol. The van der Waals surface area contributed by atoms with E-state index in [1.807, 2.05) is 26.1 Å². The second kappa shape index (κ2) is 6.99. The molecule has 0 radical (unpaired) electrons. The van der Waals surface area contributed by atoms with Crippen LogP contribution >= 0.6 is 0 Å². The van der Waals surface area contributed by atoms with E-state index in [1.54, 1.807) is 12.1 Å². The van der Waals surface area contributed by atoms with Crippen molar-refractivity contribution >= 4 is 23.2 Å². The van der Waals surface area contributed by atoms with Gasteiger partial charge in [0.1, 0.15) is 0 Å². The monoisotopic (exact) mass is 288 g/mol. The number of carbonyl (C=O) groups is 2. The number of anilines is 1. The fraction of sp³-hybridized carbons (Fsp3) is 0.400. The largest absolute Gasteiger partial charge is 0.329 e. The van der Waals surface area contributed by atoms with Crippen LogP contribution in [0.4, 0.5) is 5.69 Å². The van der Waals surface area contributed by atoms with Gasteiger partial charge in [-0.05, 0) is 26.1 Å². The first-order valence-electron chi connectivity index (χ1n) is 6.96. The molecule has 112 valence electrons. The zero-order valence-corrected chi connectivity index (χ0v) is 12.3. The number of nitrogens with one attached hydrogen (secondary N) is 2. The normalized spacial score (nSPS) is 15.4. The lowest BCUT2D eigenvalue weighted by Crippen LogP contribution is -2.35. The lowest BCUT2D eigenvalue weighted by Gasteiger charge is -2.22. The van der Waals surface area contributed by atoms with E-state index in [1.165, 1.54) is 0 Å². The smallest absolute Gasteiger partial charge is 0.318 e. The summed E-state index contributed by atoms with van der Waals surface area (Å²) in [6.07, 6.45) is 1.63. The van der Waals surface area contributed by atoms with Crippen molar-refractivity contribution in [2.75, 3.05) is 25.5 Å². The molecule has 1 aliphatic rings. The van der Waals surface area contributed by atoms with Gasteiger partial charge in [-0.25, -0.2) is 5.43 Å². The summed E-state index contributed by atoms with van der Waals surface area (Å²) in [7, 11) is 2.05. The second-order valence-electron chi connectivity index (χ2n) is 5.24. The highest BCUT2D eigenvalue weighted by Crippen LogP contribution is 2.08. The predicted octanol–water partition coefficient (Wildman–Crippen LogP) is 1.13. The molecule has 1 aliphatic heterocycles. The number of rotatable bonds is 2. The van der Waals surface area contributed by atoms with Crippen molar-refractivity contribution < 1.29 is 9.59 Å². The maximum atomic E-state index is 11.7. The van der Waals surface area contributed by atoms with E-state index < -0.39 is 11.8 Å². The third-order valence-corrected chi connectivity index (χ3v) is 3.40. The van der Waals surface area contributed by atoms with Gasteiger partial charge < -0.3 is 10.2 Å². The molecule has 0 atom stereocenters. The van der Waals surface area contributed by atoms with E-state index in [9.17, 15) is 9.59 Å². The number of hydrazone groups is 1. The number of hydrogen-bond acceptors (Lipinski definition) is 4. The summed E-state index contributed by atoms with van der Waals surface area (Å²) in [6, 6.07) is 7.24. The number of likely N-dealkylation sites (tertiary alicyclic amines) is 1. The number of hydrogen-bond donors (Lipinski definition) is 2. The maximum Gasteiger partial charge on any atom is 0.329 e. The lowest BCUT2D eigenvalue weighted by molar-refractivity contribution is -0.136. The fourth-order valence-corrected chi connectivity index (χ4v) is 1.99. The zero-order valence-electron chi connectivity index (χ0n) is 12.3. The highest BCUT2D eigenvalue weighted by Gasteiger charge is 2.15. The quantitative estimate of drug-likeness (QED) is 0.633. The minimum Gasteiger partial charge on any atom is -0.318 e. The summed E-state index contributed by atoms with van der Waals surface area (Å²) in [6.45, 7) is 3.80. The van der Waals surface area contributed by atoms with Crippen molar-refractivity contribution in [3.63, 3.8) is 0 Å².